The lowest BCUT2D eigenvalue weighted by atomic mass is 10.1. The first-order valence-corrected chi connectivity index (χ1v) is 12.1. The summed E-state index contributed by atoms with van der Waals surface area (Å²) in [6.45, 7) is 0.533. The number of thiocarbonyl (C=S) groups is 1. The van der Waals surface area contributed by atoms with Gasteiger partial charge in [-0.15, -0.1) is 0 Å². The highest BCUT2D eigenvalue weighted by Crippen LogP contribution is 2.34. The summed E-state index contributed by atoms with van der Waals surface area (Å²) in [5.74, 6) is 1.78. The number of rotatable bonds is 11. The molecular formula is C25H28N2O5S2. The van der Waals surface area contributed by atoms with Crippen molar-refractivity contribution in [2.24, 2.45) is 0 Å². The molecule has 1 saturated heterocycles. The Morgan fingerprint density at radius 3 is 2.56 bits per heavy atom. The molecule has 0 aromatic heterocycles. The molecule has 1 heterocycles. The maximum atomic E-state index is 12.8. The second-order valence-corrected chi connectivity index (χ2v) is 9.21. The number of nitrogens with one attached hydrogen (secondary N) is 1. The number of hydrogen-bond donors (Lipinski definition) is 1. The number of amides is 2. The molecule has 7 nitrogen and oxygen atoms in total. The van der Waals surface area contributed by atoms with Crippen LogP contribution in [0.3, 0.4) is 0 Å². The molecule has 180 valence electrons. The van der Waals surface area contributed by atoms with Crippen LogP contribution < -0.4 is 19.5 Å². The second-order valence-electron chi connectivity index (χ2n) is 7.54. The maximum Gasteiger partial charge on any atom is 0.266 e. The minimum Gasteiger partial charge on any atom is -0.497 e. The highest BCUT2D eigenvalue weighted by molar-refractivity contribution is 8.26. The largest absolute Gasteiger partial charge is 0.497 e. The van der Waals surface area contributed by atoms with Gasteiger partial charge in [-0.1, -0.05) is 42.5 Å². The van der Waals surface area contributed by atoms with Crippen molar-refractivity contribution in [3.05, 3.63) is 52.9 Å². The van der Waals surface area contributed by atoms with Crippen LogP contribution in [0, 0.1) is 0 Å². The average Bonchev–Trinajstić information content (AvgIpc) is 3.10. The summed E-state index contributed by atoms with van der Waals surface area (Å²) >= 11 is 6.72. The molecule has 0 bridgehead atoms. The molecule has 0 atom stereocenters. The minimum absolute atomic E-state index is 0.0447. The molecule has 9 heteroatoms. The van der Waals surface area contributed by atoms with E-state index in [9.17, 15) is 9.59 Å². The molecule has 0 spiro atoms. The normalized spacial score (nSPS) is 14.4. The molecule has 1 fully saturated rings. The van der Waals surface area contributed by atoms with Crippen molar-refractivity contribution in [1.82, 2.24) is 4.90 Å². The van der Waals surface area contributed by atoms with Gasteiger partial charge in [0, 0.05) is 24.7 Å². The zero-order chi connectivity index (χ0) is 24.5. The number of anilines is 1. The highest BCUT2D eigenvalue weighted by Gasteiger charge is 2.31. The Kier molecular flexibility index (Phi) is 9.35. The molecule has 34 heavy (non-hydrogen) atoms. The van der Waals surface area contributed by atoms with Gasteiger partial charge in [-0.2, -0.15) is 0 Å². The molecule has 0 unspecified atom stereocenters. The summed E-state index contributed by atoms with van der Waals surface area (Å²) in [5.41, 5.74) is 1.54. The Bertz CT molecular complexity index is 1090. The van der Waals surface area contributed by atoms with Crippen LogP contribution >= 0.6 is 24.0 Å². The summed E-state index contributed by atoms with van der Waals surface area (Å²) in [4.78, 5) is 27.2. The van der Waals surface area contributed by atoms with Gasteiger partial charge >= 0.3 is 0 Å². The van der Waals surface area contributed by atoms with Crippen LogP contribution in [0.1, 0.15) is 31.2 Å². The lowest BCUT2D eigenvalue weighted by Crippen LogP contribution is -2.29. The summed E-state index contributed by atoms with van der Waals surface area (Å²) < 4.78 is 16.3. The standard InChI is InChI=1S/C25H28N2O5S2/c1-30-19-9-7-8-18(16-19)26-23(28)10-5-4-6-13-27-24(29)22(34-25(27)33)15-17-11-12-20(31-2)21(14-17)32-3/h7-9,11-12,14-16H,4-6,10,13H2,1-3H3,(H,26,28)/b22-15-. The second kappa shape index (κ2) is 12.4. The van der Waals surface area contributed by atoms with Crippen LogP contribution in [0.4, 0.5) is 5.69 Å². The number of thioether (sulfide) groups is 1. The quantitative estimate of drug-likeness (QED) is 0.261. The van der Waals surface area contributed by atoms with Crippen LogP contribution in [-0.4, -0.2) is 48.9 Å². The lowest BCUT2D eigenvalue weighted by molar-refractivity contribution is -0.122. The number of benzene rings is 2. The van der Waals surface area contributed by atoms with Gasteiger partial charge in [0.15, 0.2) is 11.5 Å². The SMILES string of the molecule is COc1cccc(NC(=O)CCCCCN2C(=O)/C(=C/c3ccc(OC)c(OC)c3)SC2=S)c1. The summed E-state index contributed by atoms with van der Waals surface area (Å²) in [6, 6.07) is 12.7. The fourth-order valence-electron chi connectivity index (χ4n) is 3.44. The topological polar surface area (TPSA) is 77.1 Å². The molecule has 0 radical (unpaired) electrons. The molecule has 1 aliphatic heterocycles. The van der Waals surface area contributed by atoms with E-state index in [1.54, 1.807) is 38.4 Å². The molecule has 2 aromatic carbocycles. The third-order valence-electron chi connectivity index (χ3n) is 5.22. The molecule has 0 saturated carbocycles. The molecule has 0 aliphatic carbocycles. The first-order chi connectivity index (χ1) is 16.4. The Labute approximate surface area is 209 Å². The summed E-state index contributed by atoms with van der Waals surface area (Å²) in [7, 11) is 4.74. The number of hydrogen-bond acceptors (Lipinski definition) is 7. The molecule has 3 rings (SSSR count). The summed E-state index contributed by atoms with van der Waals surface area (Å²) in [5, 5.41) is 2.88. The van der Waals surface area contributed by atoms with Gasteiger partial charge in [0.05, 0.1) is 26.2 Å². The average molecular weight is 501 g/mol. The molecule has 2 aromatic rings. The van der Waals surface area contributed by atoms with Gasteiger partial charge in [0.25, 0.3) is 5.91 Å². The Morgan fingerprint density at radius 1 is 1.03 bits per heavy atom. The summed E-state index contributed by atoms with van der Waals surface area (Å²) in [6.07, 6.45) is 4.53. The third kappa shape index (κ3) is 6.74. The van der Waals surface area contributed by atoms with Gasteiger partial charge in [0.1, 0.15) is 10.1 Å². The van der Waals surface area contributed by atoms with Crippen LogP contribution in [0.25, 0.3) is 6.08 Å². The Balaban J connectivity index is 1.45. The first-order valence-electron chi connectivity index (χ1n) is 10.9. The molecule has 1 aliphatic rings. The van der Waals surface area contributed by atoms with E-state index < -0.39 is 0 Å². The number of ether oxygens (including phenoxy) is 3. The van der Waals surface area contributed by atoms with E-state index in [1.165, 1.54) is 11.8 Å². The number of unbranched alkanes of at least 4 members (excludes halogenated alkanes) is 2. The van der Waals surface area contributed by atoms with Crippen molar-refractivity contribution in [2.45, 2.75) is 25.7 Å². The fraction of sp³-hybridized carbons (Fsp3) is 0.320. The van der Waals surface area contributed by atoms with Gasteiger partial charge in [0.2, 0.25) is 5.91 Å². The predicted molar refractivity (Wildman–Crippen MR) is 140 cm³/mol. The number of methoxy groups -OCH3 is 3. The molecular weight excluding hydrogens is 472 g/mol. The van der Waals surface area contributed by atoms with E-state index >= 15 is 0 Å². The number of carbonyl (C=O) groups is 2. The number of nitrogens with zero attached hydrogens (tertiary/aromatic N) is 1. The van der Waals surface area contributed by atoms with E-state index in [1.807, 2.05) is 36.4 Å². The maximum absolute atomic E-state index is 12.8. The van der Waals surface area contributed by atoms with Gasteiger partial charge in [-0.05, 0) is 48.7 Å². The fourth-order valence-corrected chi connectivity index (χ4v) is 4.75. The minimum atomic E-state index is -0.0967. The van der Waals surface area contributed by atoms with E-state index in [0.717, 1.165) is 24.8 Å². The van der Waals surface area contributed by atoms with Crippen molar-refractivity contribution in [3.63, 3.8) is 0 Å². The van der Waals surface area contributed by atoms with Gasteiger partial charge in [-0.25, -0.2) is 0 Å². The van der Waals surface area contributed by atoms with Crippen molar-refractivity contribution in [3.8, 4) is 17.2 Å². The van der Waals surface area contributed by atoms with Crippen LogP contribution in [0.2, 0.25) is 0 Å². The van der Waals surface area contributed by atoms with E-state index in [0.29, 0.717) is 45.1 Å². The van der Waals surface area contributed by atoms with Crippen molar-refractivity contribution >= 4 is 51.9 Å². The molecule has 2 amide bonds. The smallest absolute Gasteiger partial charge is 0.266 e. The van der Waals surface area contributed by atoms with Gasteiger partial charge < -0.3 is 19.5 Å². The van der Waals surface area contributed by atoms with E-state index in [4.69, 9.17) is 26.4 Å². The molecule has 1 N–H and O–H groups in total. The van der Waals surface area contributed by atoms with E-state index in [-0.39, 0.29) is 11.8 Å². The van der Waals surface area contributed by atoms with Crippen LogP contribution in [-0.2, 0) is 9.59 Å². The van der Waals surface area contributed by atoms with Crippen LogP contribution in [0.15, 0.2) is 47.4 Å². The van der Waals surface area contributed by atoms with Crippen molar-refractivity contribution in [2.75, 3.05) is 33.2 Å². The van der Waals surface area contributed by atoms with Crippen LogP contribution in [0.5, 0.6) is 17.2 Å². The monoisotopic (exact) mass is 500 g/mol. The number of carbonyl (C=O) groups excluding carboxylic acids is 2. The van der Waals surface area contributed by atoms with E-state index in [2.05, 4.69) is 5.32 Å². The highest BCUT2D eigenvalue weighted by atomic mass is 32.2. The zero-order valence-corrected chi connectivity index (χ0v) is 21.1. The Hall–Kier alpha value is -3.04. The predicted octanol–water partition coefficient (Wildman–Crippen LogP) is 5.11. The first kappa shape index (κ1) is 25.6. The van der Waals surface area contributed by atoms with Gasteiger partial charge in [-0.3, -0.25) is 14.5 Å². The van der Waals surface area contributed by atoms with Crippen molar-refractivity contribution < 1.29 is 23.8 Å². The lowest BCUT2D eigenvalue weighted by Gasteiger charge is -2.14. The Morgan fingerprint density at radius 2 is 1.82 bits per heavy atom. The zero-order valence-electron chi connectivity index (χ0n) is 19.5. The van der Waals surface area contributed by atoms with Crippen molar-refractivity contribution in [1.29, 1.82) is 0 Å². The third-order valence-corrected chi connectivity index (χ3v) is 6.60.